The number of imidazole rings is 1. The number of aromatic nitrogens is 3. The number of pyridine rings is 1. The van der Waals surface area contributed by atoms with Gasteiger partial charge in [-0.05, 0) is 25.0 Å². The Morgan fingerprint density at radius 3 is 2.65 bits per heavy atom. The standard InChI is InChI=1S/C17H27N3/c1-3-5-6-7-8-11-15(10-4-2)20-14-19-16-12-9-13-18-17(16)20/h9,12-15H,3-8,10-11H2,1-2H3. The quantitative estimate of drug-likeness (QED) is 0.593. The van der Waals surface area contributed by atoms with Crippen LogP contribution in [0.2, 0.25) is 0 Å². The van der Waals surface area contributed by atoms with Crippen LogP contribution in [0, 0.1) is 0 Å². The van der Waals surface area contributed by atoms with Gasteiger partial charge in [-0.1, -0.05) is 52.4 Å². The Hall–Kier alpha value is -1.38. The highest BCUT2D eigenvalue weighted by atomic mass is 15.1. The summed E-state index contributed by atoms with van der Waals surface area (Å²) in [6.07, 6.45) is 14.3. The van der Waals surface area contributed by atoms with Gasteiger partial charge in [0, 0.05) is 12.2 Å². The molecule has 0 N–H and O–H groups in total. The van der Waals surface area contributed by atoms with Crippen LogP contribution in [0.15, 0.2) is 24.7 Å². The van der Waals surface area contributed by atoms with Crippen LogP contribution in [0.1, 0.15) is 71.3 Å². The Balaban J connectivity index is 2.00. The van der Waals surface area contributed by atoms with E-state index in [0.717, 1.165) is 11.2 Å². The molecule has 0 spiro atoms. The molecule has 3 heteroatoms. The minimum Gasteiger partial charge on any atom is -0.312 e. The Morgan fingerprint density at radius 2 is 1.85 bits per heavy atom. The lowest BCUT2D eigenvalue weighted by Gasteiger charge is -2.18. The minimum atomic E-state index is 0.557. The van der Waals surface area contributed by atoms with Gasteiger partial charge in [-0.3, -0.25) is 0 Å². The SMILES string of the molecule is CCCCCCCC(CCC)n1cnc2cccnc21. The highest BCUT2D eigenvalue weighted by Gasteiger charge is 2.13. The van der Waals surface area contributed by atoms with Crippen molar-refractivity contribution < 1.29 is 0 Å². The van der Waals surface area contributed by atoms with Crippen LogP contribution in [0.5, 0.6) is 0 Å². The van der Waals surface area contributed by atoms with Gasteiger partial charge >= 0.3 is 0 Å². The van der Waals surface area contributed by atoms with Gasteiger partial charge in [0.05, 0.1) is 6.33 Å². The first kappa shape index (κ1) is 15.0. The van der Waals surface area contributed by atoms with E-state index in [9.17, 15) is 0 Å². The Kier molecular flexibility index (Phi) is 6.03. The molecule has 1 unspecified atom stereocenters. The zero-order valence-electron chi connectivity index (χ0n) is 12.9. The predicted octanol–water partition coefficient (Wildman–Crippen LogP) is 5.13. The van der Waals surface area contributed by atoms with E-state index in [0.29, 0.717) is 6.04 Å². The van der Waals surface area contributed by atoms with Gasteiger partial charge in [-0.2, -0.15) is 0 Å². The van der Waals surface area contributed by atoms with E-state index in [-0.39, 0.29) is 0 Å². The molecular formula is C17H27N3. The average molecular weight is 273 g/mol. The van der Waals surface area contributed by atoms with Crippen molar-refractivity contribution >= 4 is 11.2 Å². The minimum absolute atomic E-state index is 0.557. The number of rotatable bonds is 9. The normalized spacial score (nSPS) is 12.9. The van der Waals surface area contributed by atoms with Crippen LogP contribution in [0.25, 0.3) is 11.2 Å². The summed E-state index contributed by atoms with van der Waals surface area (Å²) in [5, 5.41) is 0. The van der Waals surface area contributed by atoms with E-state index >= 15 is 0 Å². The van der Waals surface area contributed by atoms with Crippen molar-refractivity contribution in [1.29, 1.82) is 0 Å². The molecule has 110 valence electrons. The summed E-state index contributed by atoms with van der Waals surface area (Å²) < 4.78 is 2.29. The second kappa shape index (κ2) is 8.03. The zero-order valence-corrected chi connectivity index (χ0v) is 12.9. The molecule has 2 aromatic heterocycles. The van der Waals surface area contributed by atoms with Crippen LogP contribution in [0.3, 0.4) is 0 Å². The van der Waals surface area contributed by atoms with Gasteiger partial charge in [-0.25, -0.2) is 9.97 Å². The molecule has 2 aromatic rings. The molecule has 0 aromatic carbocycles. The van der Waals surface area contributed by atoms with Crippen molar-refractivity contribution in [3.8, 4) is 0 Å². The maximum absolute atomic E-state index is 4.50. The molecule has 0 saturated heterocycles. The number of hydrogen-bond donors (Lipinski definition) is 0. The van der Waals surface area contributed by atoms with Gasteiger partial charge in [0.25, 0.3) is 0 Å². The monoisotopic (exact) mass is 273 g/mol. The Labute approximate surface area is 122 Å². The molecule has 0 saturated carbocycles. The summed E-state index contributed by atoms with van der Waals surface area (Å²) in [6, 6.07) is 4.56. The molecule has 2 rings (SSSR count). The smallest absolute Gasteiger partial charge is 0.160 e. The van der Waals surface area contributed by atoms with E-state index in [1.54, 1.807) is 0 Å². The van der Waals surface area contributed by atoms with Crippen molar-refractivity contribution in [2.45, 2.75) is 71.3 Å². The highest BCUT2D eigenvalue weighted by Crippen LogP contribution is 2.25. The molecule has 0 aliphatic rings. The molecule has 0 aliphatic heterocycles. The maximum Gasteiger partial charge on any atom is 0.160 e. The van der Waals surface area contributed by atoms with Crippen LogP contribution >= 0.6 is 0 Å². The molecule has 1 atom stereocenters. The van der Waals surface area contributed by atoms with Gasteiger partial charge in [0.2, 0.25) is 0 Å². The zero-order chi connectivity index (χ0) is 14.2. The fourth-order valence-electron chi connectivity index (χ4n) is 2.87. The summed E-state index contributed by atoms with van der Waals surface area (Å²) >= 11 is 0. The van der Waals surface area contributed by atoms with Crippen molar-refractivity contribution in [3.63, 3.8) is 0 Å². The lowest BCUT2D eigenvalue weighted by Crippen LogP contribution is -2.08. The summed E-state index contributed by atoms with van der Waals surface area (Å²) in [7, 11) is 0. The molecule has 0 radical (unpaired) electrons. The first-order valence-electron chi connectivity index (χ1n) is 8.14. The largest absolute Gasteiger partial charge is 0.312 e. The topological polar surface area (TPSA) is 30.7 Å². The molecule has 0 fully saturated rings. The number of fused-ring (bicyclic) bond motifs is 1. The van der Waals surface area contributed by atoms with Gasteiger partial charge in [0.15, 0.2) is 5.65 Å². The summed E-state index contributed by atoms with van der Waals surface area (Å²) in [6.45, 7) is 4.53. The third kappa shape index (κ3) is 3.81. The van der Waals surface area contributed by atoms with E-state index in [2.05, 4.69) is 28.4 Å². The van der Waals surface area contributed by atoms with Crippen LogP contribution in [-0.2, 0) is 0 Å². The third-order valence-corrected chi connectivity index (χ3v) is 3.99. The number of nitrogens with zero attached hydrogens (tertiary/aromatic N) is 3. The molecule has 3 nitrogen and oxygen atoms in total. The van der Waals surface area contributed by atoms with Gasteiger partial charge in [0.1, 0.15) is 5.52 Å². The van der Waals surface area contributed by atoms with Crippen LogP contribution in [-0.4, -0.2) is 14.5 Å². The fourth-order valence-corrected chi connectivity index (χ4v) is 2.87. The second-order valence-corrected chi connectivity index (χ2v) is 5.64. The molecular weight excluding hydrogens is 246 g/mol. The third-order valence-electron chi connectivity index (χ3n) is 3.99. The van der Waals surface area contributed by atoms with Crippen molar-refractivity contribution in [3.05, 3.63) is 24.7 Å². The average Bonchev–Trinajstić information content (AvgIpc) is 2.90. The highest BCUT2D eigenvalue weighted by molar-refractivity contribution is 5.70. The van der Waals surface area contributed by atoms with Crippen molar-refractivity contribution in [2.24, 2.45) is 0 Å². The number of hydrogen-bond acceptors (Lipinski definition) is 2. The van der Waals surface area contributed by atoms with Gasteiger partial charge in [-0.15, -0.1) is 0 Å². The Morgan fingerprint density at radius 1 is 1.00 bits per heavy atom. The lowest BCUT2D eigenvalue weighted by atomic mass is 10.0. The molecule has 0 aliphatic carbocycles. The summed E-state index contributed by atoms with van der Waals surface area (Å²) in [5.74, 6) is 0. The second-order valence-electron chi connectivity index (χ2n) is 5.64. The lowest BCUT2D eigenvalue weighted by molar-refractivity contribution is 0.415. The first-order chi connectivity index (χ1) is 9.86. The van der Waals surface area contributed by atoms with Crippen molar-refractivity contribution in [2.75, 3.05) is 0 Å². The predicted molar refractivity (Wildman–Crippen MR) is 84.8 cm³/mol. The molecule has 20 heavy (non-hydrogen) atoms. The van der Waals surface area contributed by atoms with Crippen LogP contribution < -0.4 is 0 Å². The van der Waals surface area contributed by atoms with Crippen molar-refractivity contribution in [1.82, 2.24) is 14.5 Å². The van der Waals surface area contributed by atoms with E-state index in [4.69, 9.17) is 0 Å². The number of unbranched alkanes of at least 4 members (excludes halogenated alkanes) is 4. The first-order valence-corrected chi connectivity index (χ1v) is 8.14. The fraction of sp³-hybridized carbons (Fsp3) is 0.647. The summed E-state index contributed by atoms with van der Waals surface area (Å²) in [5.41, 5.74) is 2.05. The summed E-state index contributed by atoms with van der Waals surface area (Å²) in [4.78, 5) is 8.98. The Bertz CT molecular complexity index is 504. The molecule has 0 amide bonds. The maximum atomic E-state index is 4.50. The molecule has 0 bridgehead atoms. The van der Waals surface area contributed by atoms with E-state index in [1.807, 2.05) is 24.7 Å². The van der Waals surface area contributed by atoms with Gasteiger partial charge < -0.3 is 4.57 Å². The van der Waals surface area contributed by atoms with E-state index in [1.165, 1.54) is 51.4 Å². The van der Waals surface area contributed by atoms with Crippen LogP contribution in [0.4, 0.5) is 0 Å². The molecule has 2 heterocycles. The van der Waals surface area contributed by atoms with E-state index < -0.39 is 0 Å².